The molecule has 29 heavy (non-hydrogen) atoms. The molecule has 0 aromatic carbocycles. The minimum Gasteiger partial charge on any atom is -0.481 e. The Morgan fingerprint density at radius 3 is 2.97 bits per heavy atom. The van der Waals surface area contributed by atoms with E-state index in [-0.39, 0.29) is 12.3 Å². The zero-order valence-corrected chi connectivity index (χ0v) is 16.9. The molecular weight excluding hydrogens is 366 g/mol. The smallest absolute Gasteiger partial charge is 0.304 e. The maximum atomic E-state index is 11.2. The summed E-state index contributed by atoms with van der Waals surface area (Å²) in [7, 11) is 1.56. The monoisotopic (exact) mass is 395 g/mol. The Labute approximate surface area is 172 Å². The topological polar surface area (TPSA) is 84.3 Å². The predicted molar refractivity (Wildman–Crippen MR) is 114 cm³/mol. The van der Waals surface area contributed by atoms with Crippen LogP contribution in [0.2, 0.25) is 0 Å². The van der Waals surface area contributed by atoms with Crippen LogP contribution < -0.4 is 10.1 Å². The Kier molecular flexibility index (Phi) is 7.61. The molecule has 0 aliphatic carbocycles. The average Bonchev–Trinajstić information content (AvgIpc) is 2.75. The standard InChI is InChI=1S/C23H29N3O3/c1-29-21-13-11-19(16-25-21)18(15-22(27)28)7-4-2-3-5-9-20-12-10-17-8-6-14-24-23(17)26-20/h4,7,10-13,16,18H,2-3,5-6,8-9,14-15H2,1H3,(H,24,26)(H,27,28)/b7-4+/t18-/m0/s1. The number of pyridine rings is 2. The number of anilines is 1. The second-order valence-corrected chi connectivity index (χ2v) is 7.35. The van der Waals surface area contributed by atoms with Gasteiger partial charge in [-0.15, -0.1) is 0 Å². The molecule has 2 aromatic rings. The first kappa shape index (κ1) is 20.8. The molecule has 1 atom stereocenters. The summed E-state index contributed by atoms with van der Waals surface area (Å²) in [6, 6.07) is 7.97. The molecule has 3 rings (SSSR count). The number of aromatic nitrogens is 2. The number of allylic oxidation sites excluding steroid dienone is 2. The van der Waals surface area contributed by atoms with Crippen LogP contribution in [0.3, 0.4) is 0 Å². The molecule has 6 heteroatoms. The molecule has 0 spiro atoms. The maximum Gasteiger partial charge on any atom is 0.304 e. The number of nitrogens with one attached hydrogen (secondary N) is 1. The van der Waals surface area contributed by atoms with Crippen LogP contribution >= 0.6 is 0 Å². The molecule has 0 amide bonds. The van der Waals surface area contributed by atoms with Crippen LogP contribution in [0.15, 0.2) is 42.6 Å². The van der Waals surface area contributed by atoms with Gasteiger partial charge in [0.05, 0.1) is 13.5 Å². The Bertz CT molecular complexity index is 834. The highest BCUT2D eigenvalue weighted by atomic mass is 16.5. The van der Waals surface area contributed by atoms with E-state index in [4.69, 9.17) is 9.72 Å². The Morgan fingerprint density at radius 2 is 2.21 bits per heavy atom. The van der Waals surface area contributed by atoms with E-state index in [9.17, 15) is 9.90 Å². The van der Waals surface area contributed by atoms with E-state index in [1.54, 1.807) is 19.4 Å². The number of unbranched alkanes of at least 4 members (excludes halogenated alkanes) is 2. The highest BCUT2D eigenvalue weighted by molar-refractivity contribution is 5.68. The van der Waals surface area contributed by atoms with Gasteiger partial charge in [0.25, 0.3) is 0 Å². The molecule has 6 nitrogen and oxygen atoms in total. The first-order chi connectivity index (χ1) is 14.2. The van der Waals surface area contributed by atoms with Crippen LogP contribution in [0.1, 0.15) is 54.8 Å². The minimum absolute atomic E-state index is 0.0521. The lowest BCUT2D eigenvalue weighted by Crippen LogP contribution is -2.13. The van der Waals surface area contributed by atoms with Crippen molar-refractivity contribution in [3.8, 4) is 5.88 Å². The molecule has 3 heterocycles. The average molecular weight is 396 g/mol. The molecule has 0 saturated heterocycles. The maximum absolute atomic E-state index is 11.2. The molecule has 0 unspecified atom stereocenters. The van der Waals surface area contributed by atoms with Crippen LogP contribution in [0.25, 0.3) is 0 Å². The second-order valence-electron chi connectivity index (χ2n) is 7.35. The Hall–Kier alpha value is -2.89. The molecule has 0 bridgehead atoms. The summed E-state index contributed by atoms with van der Waals surface area (Å²) in [5, 5.41) is 12.6. The summed E-state index contributed by atoms with van der Waals surface area (Å²) < 4.78 is 5.07. The highest BCUT2D eigenvalue weighted by Crippen LogP contribution is 2.23. The normalized spacial score (nSPS) is 14.2. The van der Waals surface area contributed by atoms with E-state index in [0.29, 0.717) is 5.88 Å². The number of hydrogen-bond donors (Lipinski definition) is 2. The molecular formula is C23H29N3O3. The molecule has 1 aliphatic rings. The number of carbonyl (C=O) groups is 1. The van der Waals surface area contributed by atoms with Crippen molar-refractivity contribution in [1.29, 1.82) is 0 Å². The minimum atomic E-state index is -0.817. The fourth-order valence-electron chi connectivity index (χ4n) is 3.55. The Morgan fingerprint density at radius 1 is 1.31 bits per heavy atom. The van der Waals surface area contributed by atoms with Crippen molar-refractivity contribution in [3.63, 3.8) is 0 Å². The van der Waals surface area contributed by atoms with Gasteiger partial charge in [-0.1, -0.05) is 24.3 Å². The van der Waals surface area contributed by atoms with E-state index >= 15 is 0 Å². The number of nitrogens with zero attached hydrogens (tertiary/aromatic N) is 2. The summed E-state index contributed by atoms with van der Waals surface area (Å²) >= 11 is 0. The van der Waals surface area contributed by atoms with Crippen molar-refractivity contribution in [3.05, 3.63) is 59.4 Å². The zero-order valence-electron chi connectivity index (χ0n) is 16.9. The fourth-order valence-corrected chi connectivity index (χ4v) is 3.55. The molecule has 0 radical (unpaired) electrons. The molecule has 1 aliphatic heterocycles. The van der Waals surface area contributed by atoms with Crippen molar-refractivity contribution in [2.24, 2.45) is 0 Å². The summed E-state index contributed by atoms with van der Waals surface area (Å²) in [6.45, 7) is 1.01. The molecule has 154 valence electrons. The van der Waals surface area contributed by atoms with Gasteiger partial charge in [0.1, 0.15) is 5.82 Å². The van der Waals surface area contributed by atoms with Gasteiger partial charge in [0, 0.05) is 30.4 Å². The van der Waals surface area contributed by atoms with Crippen LogP contribution in [0.5, 0.6) is 5.88 Å². The van der Waals surface area contributed by atoms with Gasteiger partial charge in [-0.3, -0.25) is 4.79 Å². The van der Waals surface area contributed by atoms with Gasteiger partial charge in [-0.05, 0) is 55.7 Å². The first-order valence-electron chi connectivity index (χ1n) is 10.3. The fraction of sp³-hybridized carbons (Fsp3) is 0.435. The highest BCUT2D eigenvalue weighted by Gasteiger charge is 2.13. The quantitative estimate of drug-likeness (QED) is 0.459. The number of carboxylic acids is 1. The summed E-state index contributed by atoms with van der Waals surface area (Å²) in [4.78, 5) is 20.1. The third-order valence-corrected chi connectivity index (χ3v) is 5.16. The van der Waals surface area contributed by atoms with E-state index in [2.05, 4.69) is 28.5 Å². The van der Waals surface area contributed by atoms with E-state index in [0.717, 1.165) is 55.7 Å². The van der Waals surface area contributed by atoms with E-state index < -0.39 is 5.97 Å². The van der Waals surface area contributed by atoms with Gasteiger partial charge in [0.15, 0.2) is 0 Å². The molecule has 0 fully saturated rings. The number of ether oxygens (including phenoxy) is 1. The lowest BCUT2D eigenvalue weighted by atomic mass is 9.96. The second kappa shape index (κ2) is 10.6. The number of rotatable bonds is 10. The lowest BCUT2D eigenvalue weighted by molar-refractivity contribution is -0.137. The van der Waals surface area contributed by atoms with Crippen molar-refractivity contribution < 1.29 is 14.6 Å². The number of hydrogen-bond acceptors (Lipinski definition) is 5. The largest absolute Gasteiger partial charge is 0.481 e. The molecule has 0 saturated carbocycles. The van der Waals surface area contributed by atoms with Gasteiger partial charge in [-0.2, -0.15) is 0 Å². The Balaban J connectivity index is 1.47. The number of carboxylic acid groups (broad SMARTS) is 1. The third-order valence-electron chi connectivity index (χ3n) is 5.16. The number of aliphatic carboxylic acids is 1. The van der Waals surface area contributed by atoms with Gasteiger partial charge >= 0.3 is 5.97 Å². The first-order valence-corrected chi connectivity index (χ1v) is 10.3. The van der Waals surface area contributed by atoms with Gasteiger partial charge < -0.3 is 15.2 Å². The SMILES string of the molecule is COc1ccc([C@@H](/C=C/CCCCc2ccc3c(n2)NCCC3)CC(=O)O)cn1. The predicted octanol–water partition coefficient (Wildman–Crippen LogP) is 4.37. The lowest BCUT2D eigenvalue weighted by Gasteiger charge is -2.17. The van der Waals surface area contributed by atoms with Crippen molar-refractivity contribution >= 4 is 11.8 Å². The third kappa shape index (κ3) is 6.31. The van der Waals surface area contributed by atoms with Crippen molar-refractivity contribution in [2.75, 3.05) is 19.0 Å². The summed E-state index contributed by atoms with van der Waals surface area (Å²) in [6.07, 6.45) is 12.1. The molecule has 2 N–H and O–H groups in total. The summed E-state index contributed by atoms with van der Waals surface area (Å²) in [5.41, 5.74) is 3.34. The van der Waals surface area contributed by atoms with Crippen LogP contribution in [-0.4, -0.2) is 34.7 Å². The van der Waals surface area contributed by atoms with Crippen LogP contribution in [0.4, 0.5) is 5.82 Å². The summed E-state index contributed by atoms with van der Waals surface area (Å²) in [5.74, 6) is 0.581. The van der Waals surface area contributed by atoms with Crippen LogP contribution in [0, 0.1) is 0 Å². The van der Waals surface area contributed by atoms with E-state index in [1.165, 1.54) is 12.0 Å². The van der Waals surface area contributed by atoms with Gasteiger partial charge in [0.2, 0.25) is 5.88 Å². The number of fused-ring (bicyclic) bond motifs is 1. The van der Waals surface area contributed by atoms with Crippen molar-refractivity contribution in [2.45, 2.75) is 50.9 Å². The van der Waals surface area contributed by atoms with E-state index in [1.807, 2.05) is 12.1 Å². The van der Waals surface area contributed by atoms with Crippen molar-refractivity contribution in [1.82, 2.24) is 9.97 Å². The number of aryl methyl sites for hydroxylation is 2. The zero-order chi connectivity index (χ0) is 20.5. The molecule has 2 aromatic heterocycles. The van der Waals surface area contributed by atoms with Gasteiger partial charge in [-0.25, -0.2) is 9.97 Å². The number of methoxy groups -OCH3 is 1. The van der Waals surface area contributed by atoms with Crippen LogP contribution in [-0.2, 0) is 17.6 Å².